The van der Waals surface area contributed by atoms with Gasteiger partial charge >= 0.3 is 0 Å². The number of benzene rings is 1. The summed E-state index contributed by atoms with van der Waals surface area (Å²) in [5.41, 5.74) is 2.75. The van der Waals surface area contributed by atoms with Crippen molar-refractivity contribution in [1.82, 2.24) is 0 Å². The second kappa shape index (κ2) is 2.91. The Bertz CT molecular complexity index is 282. The van der Waals surface area contributed by atoms with Crippen LogP contribution in [0.5, 0.6) is 0 Å². The van der Waals surface area contributed by atoms with E-state index in [0.717, 1.165) is 5.56 Å². The molecule has 66 valence electrons. The Morgan fingerprint density at radius 3 is 2.08 bits per heavy atom. The molecule has 1 aromatic carbocycles. The van der Waals surface area contributed by atoms with Gasteiger partial charge in [-0.15, -0.1) is 0 Å². The molecule has 0 saturated heterocycles. The Labute approximate surface area is 74.1 Å². The van der Waals surface area contributed by atoms with Crippen LogP contribution in [0, 0.1) is 13.8 Å². The van der Waals surface area contributed by atoms with Gasteiger partial charge < -0.3 is 5.11 Å². The molecule has 0 atom stereocenters. The van der Waals surface area contributed by atoms with Crippen molar-refractivity contribution in [2.75, 3.05) is 0 Å². The summed E-state index contributed by atoms with van der Waals surface area (Å²) in [4.78, 5) is 0. The van der Waals surface area contributed by atoms with Crippen LogP contribution in [-0.4, -0.2) is 5.11 Å². The first-order chi connectivity index (χ1) is 5.41. The first-order valence-electron chi connectivity index (χ1n) is 4.21. The Kier molecular flexibility index (Phi) is 2.25. The van der Waals surface area contributed by atoms with Gasteiger partial charge in [0.25, 0.3) is 0 Å². The van der Waals surface area contributed by atoms with Crippen LogP contribution in [-0.2, 0) is 5.60 Å². The van der Waals surface area contributed by atoms with Gasteiger partial charge in [-0.2, -0.15) is 0 Å². The molecule has 0 fully saturated rings. The minimum atomic E-state index is -0.724. The Hall–Kier alpha value is -0.820. The lowest BCUT2D eigenvalue weighted by atomic mass is 9.95. The Morgan fingerprint density at radius 2 is 1.67 bits per heavy atom. The number of aryl methyl sites for hydroxylation is 2. The highest BCUT2D eigenvalue weighted by molar-refractivity contribution is 5.32. The van der Waals surface area contributed by atoms with Crippen LogP contribution in [0.3, 0.4) is 0 Å². The highest BCUT2D eigenvalue weighted by Gasteiger charge is 2.15. The molecule has 0 heterocycles. The second-order valence-electron chi connectivity index (χ2n) is 3.86. The molecule has 0 aliphatic carbocycles. The normalized spacial score (nSPS) is 11.8. The lowest BCUT2D eigenvalue weighted by Gasteiger charge is -2.18. The molecule has 1 nitrogen and oxygen atoms in total. The first-order valence-corrected chi connectivity index (χ1v) is 4.21. The fourth-order valence-electron chi connectivity index (χ4n) is 1.12. The van der Waals surface area contributed by atoms with Gasteiger partial charge in [-0.1, -0.05) is 18.2 Å². The third-order valence-corrected chi connectivity index (χ3v) is 2.21. The van der Waals surface area contributed by atoms with Crippen molar-refractivity contribution in [2.24, 2.45) is 0 Å². The fourth-order valence-corrected chi connectivity index (χ4v) is 1.12. The number of hydrogen-bond acceptors (Lipinski definition) is 1. The maximum absolute atomic E-state index is 9.70. The summed E-state index contributed by atoms with van der Waals surface area (Å²) >= 11 is 0. The van der Waals surface area contributed by atoms with Gasteiger partial charge in [0.15, 0.2) is 0 Å². The van der Waals surface area contributed by atoms with Crippen molar-refractivity contribution < 1.29 is 5.11 Å². The van der Waals surface area contributed by atoms with Crippen molar-refractivity contribution >= 4 is 0 Å². The largest absolute Gasteiger partial charge is 0.386 e. The Balaban J connectivity index is 3.14. The van der Waals surface area contributed by atoms with Crippen LogP contribution in [0.25, 0.3) is 0 Å². The number of hydrogen-bond donors (Lipinski definition) is 1. The summed E-state index contributed by atoms with van der Waals surface area (Å²) in [6.07, 6.45) is 0. The van der Waals surface area contributed by atoms with E-state index < -0.39 is 5.60 Å². The molecule has 0 aliphatic rings. The van der Waals surface area contributed by atoms with Crippen LogP contribution in [0.15, 0.2) is 18.2 Å². The molecule has 0 radical (unpaired) electrons. The Morgan fingerprint density at radius 1 is 1.08 bits per heavy atom. The maximum atomic E-state index is 9.70. The lowest BCUT2D eigenvalue weighted by molar-refractivity contribution is 0.0785. The molecule has 12 heavy (non-hydrogen) atoms. The van der Waals surface area contributed by atoms with E-state index in [1.165, 1.54) is 11.1 Å². The molecule has 0 aliphatic heterocycles. The maximum Gasteiger partial charge on any atom is 0.0840 e. The molecule has 0 bridgehead atoms. The molecule has 1 heteroatoms. The van der Waals surface area contributed by atoms with Crippen molar-refractivity contribution in [3.63, 3.8) is 0 Å². The van der Waals surface area contributed by atoms with E-state index in [1.807, 2.05) is 18.2 Å². The zero-order valence-electron chi connectivity index (χ0n) is 8.18. The van der Waals surface area contributed by atoms with E-state index in [0.29, 0.717) is 0 Å². The molecule has 0 aromatic heterocycles. The number of aliphatic hydroxyl groups is 1. The number of rotatable bonds is 1. The molecule has 0 unspecified atom stereocenters. The molecule has 0 amide bonds. The van der Waals surface area contributed by atoms with Crippen molar-refractivity contribution in [3.8, 4) is 0 Å². The summed E-state index contributed by atoms with van der Waals surface area (Å²) in [7, 11) is 0. The quantitative estimate of drug-likeness (QED) is 0.676. The summed E-state index contributed by atoms with van der Waals surface area (Å²) in [5.74, 6) is 0. The van der Waals surface area contributed by atoms with Crippen molar-refractivity contribution in [3.05, 3.63) is 34.9 Å². The molecule has 1 N–H and O–H groups in total. The van der Waals surface area contributed by atoms with Gasteiger partial charge in [0.2, 0.25) is 0 Å². The van der Waals surface area contributed by atoms with Gasteiger partial charge in [-0.05, 0) is 44.4 Å². The first kappa shape index (κ1) is 9.27. The average molecular weight is 164 g/mol. The lowest BCUT2D eigenvalue weighted by Crippen LogP contribution is -2.15. The van der Waals surface area contributed by atoms with E-state index in [4.69, 9.17) is 0 Å². The summed E-state index contributed by atoms with van der Waals surface area (Å²) in [6.45, 7) is 7.74. The molecule has 1 aromatic rings. The minimum absolute atomic E-state index is 0.724. The fraction of sp³-hybridized carbons (Fsp3) is 0.455. The summed E-state index contributed by atoms with van der Waals surface area (Å²) in [6, 6.07) is 6.06. The monoisotopic (exact) mass is 164 g/mol. The van der Waals surface area contributed by atoms with Gasteiger partial charge in [0, 0.05) is 0 Å². The van der Waals surface area contributed by atoms with E-state index in [1.54, 1.807) is 13.8 Å². The third kappa shape index (κ3) is 1.86. The SMILES string of the molecule is Cc1ccc(C(C)(C)O)cc1C. The summed E-state index contributed by atoms with van der Waals surface area (Å²) in [5, 5.41) is 9.70. The predicted molar refractivity (Wildman–Crippen MR) is 51.2 cm³/mol. The molecule has 1 rings (SSSR count). The van der Waals surface area contributed by atoms with E-state index >= 15 is 0 Å². The molecule has 0 saturated carbocycles. The van der Waals surface area contributed by atoms with E-state index in [-0.39, 0.29) is 0 Å². The van der Waals surface area contributed by atoms with Gasteiger partial charge in [0.05, 0.1) is 5.60 Å². The second-order valence-corrected chi connectivity index (χ2v) is 3.86. The highest BCUT2D eigenvalue weighted by atomic mass is 16.3. The topological polar surface area (TPSA) is 20.2 Å². The van der Waals surface area contributed by atoms with Crippen molar-refractivity contribution in [1.29, 1.82) is 0 Å². The van der Waals surface area contributed by atoms with E-state index in [2.05, 4.69) is 13.8 Å². The van der Waals surface area contributed by atoms with Crippen LogP contribution in [0.1, 0.15) is 30.5 Å². The predicted octanol–water partition coefficient (Wildman–Crippen LogP) is 2.53. The summed E-state index contributed by atoms with van der Waals surface area (Å²) < 4.78 is 0. The van der Waals surface area contributed by atoms with Gasteiger partial charge in [-0.25, -0.2) is 0 Å². The van der Waals surface area contributed by atoms with Crippen molar-refractivity contribution in [2.45, 2.75) is 33.3 Å². The standard InChI is InChI=1S/C11H16O/c1-8-5-6-10(7-9(8)2)11(3,4)12/h5-7,12H,1-4H3. The van der Waals surface area contributed by atoms with Crippen LogP contribution < -0.4 is 0 Å². The smallest absolute Gasteiger partial charge is 0.0840 e. The molecule has 0 spiro atoms. The van der Waals surface area contributed by atoms with Gasteiger partial charge in [0.1, 0.15) is 0 Å². The van der Waals surface area contributed by atoms with E-state index in [9.17, 15) is 5.11 Å². The minimum Gasteiger partial charge on any atom is -0.386 e. The molecular weight excluding hydrogens is 148 g/mol. The van der Waals surface area contributed by atoms with Gasteiger partial charge in [-0.3, -0.25) is 0 Å². The zero-order chi connectivity index (χ0) is 9.35. The van der Waals surface area contributed by atoms with Crippen LogP contribution in [0.2, 0.25) is 0 Å². The molecular formula is C11H16O. The highest BCUT2D eigenvalue weighted by Crippen LogP contribution is 2.21. The third-order valence-electron chi connectivity index (χ3n) is 2.21. The zero-order valence-corrected chi connectivity index (χ0v) is 8.18. The average Bonchev–Trinajstić information content (AvgIpc) is 1.92. The van der Waals surface area contributed by atoms with Crippen LogP contribution in [0.4, 0.5) is 0 Å². The van der Waals surface area contributed by atoms with Crippen LogP contribution >= 0.6 is 0 Å².